The number of carbonyl (C=O) groups excluding carboxylic acids is 2. The quantitative estimate of drug-likeness (QED) is 0.136. The molecule has 1 aliphatic heterocycles. The lowest BCUT2D eigenvalue weighted by Crippen LogP contribution is -2.42. The van der Waals surface area contributed by atoms with Crippen molar-refractivity contribution < 1.29 is 14.5 Å². The molecule has 2 aromatic rings. The Labute approximate surface area is 229 Å². The van der Waals surface area contributed by atoms with E-state index in [1.807, 2.05) is 30.3 Å². The van der Waals surface area contributed by atoms with Crippen molar-refractivity contribution in [3.63, 3.8) is 0 Å². The van der Waals surface area contributed by atoms with Crippen LogP contribution in [-0.2, 0) is 11.2 Å². The van der Waals surface area contributed by atoms with Crippen LogP contribution < -0.4 is 16.8 Å². The van der Waals surface area contributed by atoms with E-state index < -0.39 is 16.9 Å². The van der Waals surface area contributed by atoms with Crippen LogP contribution in [-0.4, -0.2) is 64.2 Å². The Hall–Kier alpha value is -2.25. The topological polar surface area (TPSA) is 145 Å². The van der Waals surface area contributed by atoms with Crippen LogP contribution in [0.5, 0.6) is 0 Å². The zero-order valence-corrected chi connectivity index (χ0v) is 23.0. The molecule has 2 aromatic carbocycles. The summed E-state index contributed by atoms with van der Waals surface area (Å²) >= 11 is 1.72. The van der Waals surface area contributed by atoms with Crippen molar-refractivity contribution in [2.45, 2.75) is 42.7 Å². The molecule has 2 amide bonds. The Balaban J connectivity index is 1.44. The van der Waals surface area contributed by atoms with Gasteiger partial charge in [-0.25, -0.2) is 0 Å². The Morgan fingerprint density at radius 3 is 2.65 bits per heavy atom. The molecule has 0 aromatic heterocycles. The number of carbonyl (C=O) groups is 2. The number of hydrogen-bond acceptors (Lipinski definition) is 9. The molecule has 0 bridgehead atoms. The van der Waals surface area contributed by atoms with E-state index in [2.05, 4.69) is 5.32 Å². The summed E-state index contributed by atoms with van der Waals surface area (Å²) < 4.78 is 0. The molecule has 0 radical (unpaired) electrons. The third-order valence-corrected chi connectivity index (χ3v) is 9.23. The van der Waals surface area contributed by atoms with Gasteiger partial charge in [-0.1, -0.05) is 51.9 Å². The molecule has 37 heavy (non-hydrogen) atoms. The second-order valence-corrected chi connectivity index (χ2v) is 12.2. The van der Waals surface area contributed by atoms with Gasteiger partial charge in [0.05, 0.1) is 16.8 Å². The lowest BCUT2D eigenvalue weighted by Gasteiger charge is -2.19. The van der Waals surface area contributed by atoms with Gasteiger partial charge in [-0.15, -0.1) is 11.8 Å². The van der Waals surface area contributed by atoms with Gasteiger partial charge in [0.1, 0.15) is 5.56 Å². The van der Waals surface area contributed by atoms with E-state index in [1.165, 1.54) is 22.4 Å². The SMILES string of the molecule is NC(CSSc1ccc([N+](=O)[O-])c(C(=O)NCCCCC(N)C(=O)N2CCSC2)c1)Cc1ccccc1. The van der Waals surface area contributed by atoms with Crippen molar-refractivity contribution in [3.05, 3.63) is 69.8 Å². The first kappa shape index (κ1) is 29.3. The van der Waals surface area contributed by atoms with Crippen molar-refractivity contribution in [1.29, 1.82) is 0 Å². The molecule has 9 nitrogen and oxygen atoms in total. The number of nitro benzene ring substituents is 1. The Kier molecular flexibility index (Phi) is 12.1. The number of amides is 2. The number of nitro groups is 1. The second-order valence-electron chi connectivity index (χ2n) is 8.75. The molecule has 0 spiro atoms. The molecule has 1 saturated heterocycles. The highest BCUT2D eigenvalue weighted by Gasteiger charge is 2.24. The fourth-order valence-electron chi connectivity index (χ4n) is 3.81. The number of hydrogen-bond donors (Lipinski definition) is 3. The highest BCUT2D eigenvalue weighted by atomic mass is 33.1. The van der Waals surface area contributed by atoms with E-state index >= 15 is 0 Å². The molecule has 3 rings (SSSR count). The maximum Gasteiger partial charge on any atom is 0.282 e. The van der Waals surface area contributed by atoms with E-state index in [4.69, 9.17) is 11.5 Å². The summed E-state index contributed by atoms with van der Waals surface area (Å²) in [6.45, 7) is 1.08. The van der Waals surface area contributed by atoms with Crippen LogP contribution in [0, 0.1) is 10.1 Å². The van der Waals surface area contributed by atoms with Gasteiger partial charge in [0, 0.05) is 41.6 Å². The van der Waals surface area contributed by atoms with Gasteiger partial charge in [0.25, 0.3) is 11.6 Å². The largest absolute Gasteiger partial charge is 0.352 e. The van der Waals surface area contributed by atoms with E-state index in [1.54, 1.807) is 39.6 Å². The maximum atomic E-state index is 12.7. The van der Waals surface area contributed by atoms with Crippen molar-refractivity contribution in [3.8, 4) is 0 Å². The summed E-state index contributed by atoms with van der Waals surface area (Å²) in [5, 5.41) is 14.2. The normalized spacial score (nSPS) is 14.8. The fraction of sp³-hybridized carbons (Fsp3) is 0.440. The molecule has 200 valence electrons. The number of nitrogens with zero attached hydrogens (tertiary/aromatic N) is 2. The molecule has 0 aliphatic carbocycles. The van der Waals surface area contributed by atoms with Crippen molar-refractivity contribution in [2.75, 3.05) is 30.5 Å². The second kappa shape index (κ2) is 15.2. The molecular weight excluding hydrogens is 531 g/mol. The van der Waals surface area contributed by atoms with Gasteiger partial charge in [-0.2, -0.15) is 0 Å². The van der Waals surface area contributed by atoms with Gasteiger partial charge in [0.2, 0.25) is 5.91 Å². The summed E-state index contributed by atoms with van der Waals surface area (Å²) in [5.41, 5.74) is 13.2. The number of nitrogens with one attached hydrogen (secondary N) is 1. The first-order valence-electron chi connectivity index (χ1n) is 12.1. The number of nitrogens with two attached hydrogens (primary N) is 2. The van der Waals surface area contributed by atoms with Crippen LogP contribution in [0.15, 0.2) is 53.4 Å². The Bertz CT molecular complexity index is 1050. The van der Waals surface area contributed by atoms with E-state index in [0.717, 1.165) is 23.6 Å². The van der Waals surface area contributed by atoms with Gasteiger partial charge >= 0.3 is 0 Å². The number of benzene rings is 2. The molecule has 2 unspecified atom stereocenters. The van der Waals surface area contributed by atoms with Crippen molar-refractivity contribution >= 4 is 50.9 Å². The van der Waals surface area contributed by atoms with Gasteiger partial charge in [-0.3, -0.25) is 19.7 Å². The van der Waals surface area contributed by atoms with E-state index in [9.17, 15) is 19.7 Å². The zero-order chi connectivity index (χ0) is 26.6. The molecule has 2 atom stereocenters. The molecule has 1 fully saturated rings. The minimum Gasteiger partial charge on any atom is -0.352 e. The first-order valence-corrected chi connectivity index (χ1v) is 15.6. The number of unbranched alkanes of at least 4 members (excludes halogenated alkanes) is 1. The van der Waals surface area contributed by atoms with Gasteiger partial charge < -0.3 is 21.7 Å². The summed E-state index contributed by atoms with van der Waals surface area (Å²) in [6, 6.07) is 14.0. The average Bonchev–Trinajstić information content (AvgIpc) is 3.43. The lowest BCUT2D eigenvalue weighted by atomic mass is 10.1. The summed E-state index contributed by atoms with van der Waals surface area (Å²) in [6.07, 6.45) is 2.59. The van der Waals surface area contributed by atoms with E-state index in [0.29, 0.717) is 37.4 Å². The zero-order valence-electron chi connectivity index (χ0n) is 20.5. The standard InChI is InChI=1S/C25H33N5O4S3/c26-19(14-18-6-2-1-3-7-18)16-36-37-20-9-10-23(30(33)34)21(15-20)24(31)28-11-5-4-8-22(27)25(32)29-12-13-35-17-29/h1-3,6-7,9-10,15,19,22H,4-5,8,11-14,16-17,26-27H2,(H,28,31). The van der Waals surface area contributed by atoms with Crippen LogP contribution >= 0.6 is 33.3 Å². The summed E-state index contributed by atoms with van der Waals surface area (Å²) in [5.74, 6) is 1.81. The minimum atomic E-state index is -0.548. The third-order valence-electron chi connectivity index (χ3n) is 5.80. The van der Waals surface area contributed by atoms with Crippen LogP contribution in [0.4, 0.5) is 5.69 Å². The van der Waals surface area contributed by atoms with E-state index in [-0.39, 0.29) is 23.2 Å². The van der Waals surface area contributed by atoms with Crippen LogP contribution in [0.2, 0.25) is 0 Å². The highest BCUT2D eigenvalue weighted by Crippen LogP contribution is 2.34. The van der Waals surface area contributed by atoms with Crippen LogP contribution in [0.1, 0.15) is 35.2 Å². The predicted molar refractivity (Wildman–Crippen MR) is 153 cm³/mol. The number of thioether (sulfide) groups is 1. The average molecular weight is 564 g/mol. The van der Waals surface area contributed by atoms with Crippen LogP contribution in [0.25, 0.3) is 0 Å². The van der Waals surface area contributed by atoms with Gasteiger partial charge in [0.15, 0.2) is 0 Å². The summed E-state index contributed by atoms with van der Waals surface area (Å²) in [4.78, 5) is 38.5. The van der Waals surface area contributed by atoms with Gasteiger partial charge in [-0.05, 0) is 43.4 Å². The predicted octanol–water partition coefficient (Wildman–Crippen LogP) is 3.67. The highest BCUT2D eigenvalue weighted by molar-refractivity contribution is 8.76. The first-order chi connectivity index (χ1) is 17.8. The monoisotopic (exact) mass is 563 g/mol. The maximum absolute atomic E-state index is 12.7. The van der Waals surface area contributed by atoms with Crippen molar-refractivity contribution in [1.82, 2.24) is 10.2 Å². The number of rotatable bonds is 14. The molecule has 1 aliphatic rings. The Morgan fingerprint density at radius 1 is 1.16 bits per heavy atom. The van der Waals surface area contributed by atoms with Crippen LogP contribution in [0.3, 0.4) is 0 Å². The fourth-order valence-corrected chi connectivity index (χ4v) is 6.99. The van der Waals surface area contributed by atoms with Crippen molar-refractivity contribution in [2.24, 2.45) is 11.5 Å². The lowest BCUT2D eigenvalue weighted by molar-refractivity contribution is -0.385. The molecule has 0 saturated carbocycles. The molecule has 1 heterocycles. The minimum absolute atomic E-state index is 0.0293. The smallest absolute Gasteiger partial charge is 0.282 e. The molecular formula is C25H33N5O4S3. The summed E-state index contributed by atoms with van der Waals surface area (Å²) in [7, 11) is 3.00. The third kappa shape index (κ3) is 9.53. The molecule has 5 N–H and O–H groups in total. The Morgan fingerprint density at radius 2 is 1.95 bits per heavy atom. The molecule has 12 heteroatoms.